The number of para-hydroxylation sites is 1. The number of rotatable bonds is 4. The summed E-state index contributed by atoms with van der Waals surface area (Å²) in [5, 5.41) is 4.98. The lowest BCUT2D eigenvalue weighted by molar-refractivity contribution is -0.121. The second-order valence-corrected chi connectivity index (χ2v) is 6.41. The standard InChI is InChI=1S/C15H17N3OS/c1-15(7-4-8-15)18-13(19)9-20-14-11-5-2-3-6-12(11)16-10-17-14/h2-3,5-6,10H,4,7-9H2,1H3,(H,18,19). The first-order chi connectivity index (χ1) is 9.66. The van der Waals surface area contributed by atoms with E-state index >= 15 is 0 Å². The molecule has 1 amide bonds. The first-order valence-corrected chi connectivity index (χ1v) is 7.78. The lowest BCUT2D eigenvalue weighted by Crippen LogP contribution is -2.51. The predicted molar refractivity (Wildman–Crippen MR) is 80.7 cm³/mol. The zero-order valence-electron chi connectivity index (χ0n) is 11.4. The molecular weight excluding hydrogens is 270 g/mol. The Kier molecular flexibility index (Phi) is 3.61. The second kappa shape index (κ2) is 5.40. The van der Waals surface area contributed by atoms with Crippen molar-refractivity contribution in [3.05, 3.63) is 30.6 Å². The van der Waals surface area contributed by atoms with Crippen LogP contribution in [0.2, 0.25) is 0 Å². The van der Waals surface area contributed by atoms with Crippen molar-refractivity contribution in [2.45, 2.75) is 36.8 Å². The maximum atomic E-state index is 12.0. The monoisotopic (exact) mass is 287 g/mol. The van der Waals surface area contributed by atoms with Crippen molar-refractivity contribution < 1.29 is 4.79 Å². The van der Waals surface area contributed by atoms with E-state index < -0.39 is 0 Å². The van der Waals surface area contributed by atoms with Crippen molar-refractivity contribution in [3.8, 4) is 0 Å². The minimum atomic E-state index is 0.0192. The molecule has 104 valence electrons. The molecule has 1 aromatic carbocycles. The molecule has 1 saturated carbocycles. The number of aromatic nitrogens is 2. The van der Waals surface area contributed by atoms with Crippen LogP contribution in [-0.2, 0) is 4.79 Å². The number of hydrogen-bond donors (Lipinski definition) is 1. The van der Waals surface area contributed by atoms with E-state index in [0.717, 1.165) is 28.8 Å². The molecule has 1 N–H and O–H groups in total. The Morgan fingerprint density at radius 1 is 1.35 bits per heavy atom. The van der Waals surface area contributed by atoms with Gasteiger partial charge in [0.2, 0.25) is 5.91 Å². The van der Waals surface area contributed by atoms with Gasteiger partial charge in [0.25, 0.3) is 0 Å². The highest BCUT2D eigenvalue weighted by Gasteiger charge is 2.32. The average Bonchev–Trinajstić information content (AvgIpc) is 2.43. The molecule has 20 heavy (non-hydrogen) atoms. The van der Waals surface area contributed by atoms with Gasteiger partial charge in [0.15, 0.2) is 0 Å². The molecular formula is C15H17N3OS. The van der Waals surface area contributed by atoms with E-state index in [0.29, 0.717) is 5.75 Å². The molecule has 4 nitrogen and oxygen atoms in total. The van der Waals surface area contributed by atoms with Crippen molar-refractivity contribution in [2.24, 2.45) is 0 Å². The lowest BCUT2D eigenvalue weighted by Gasteiger charge is -2.39. The molecule has 1 aliphatic carbocycles. The average molecular weight is 287 g/mol. The Morgan fingerprint density at radius 2 is 2.15 bits per heavy atom. The molecule has 1 aromatic heterocycles. The third-order valence-corrected chi connectivity index (χ3v) is 4.75. The fourth-order valence-corrected chi connectivity index (χ4v) is 3.22. The topological polar surface area (TPSA) is 54.9 Å². The first kappa shape index (κ1) is 13.4. The molecule has 0 saturated heterocycles. The minimum Gasteiger partial charge on any atom is -0.350 e. The van der Waals surface area contributed by atoms with Crippen molar-refractivity contribution in [3.63, 3.8) is 0 Å². The SMILES string of the molecule is CC1(NC(=O)CSc2ncnc3ccccc23)CCC1. The Morgan fingerprint density at radius 3 is 2.90 bits per heavy atom. The van der Waals surface area contributed by atoms with Crippen LogP contribution in [0.4, 0.5) is 0 Å². The van der Waals surface area contributed by atoms with Gasteiger partial charge in [-0.05, 0) is 32.3 Å². The van der Waals surface area contributed by atoms with Crippen LogP contribution in [0.25, 0.3) is 10.9 Å². The molecule has 3 rings (SSSR count). The Labute approximate surface area is 122 Å². The summed E-state index contributed by atoms with van der Waals surface area (Å²) in [4.78, 5) is 20.5. The number of amides is 1. The van der Waals surface area contributed by atoms with Crippen molar-refractivity contribution in [1.29, 1.82) is 0 Å². The van der Waals surface area contributed by atoms with Crippen LogP contribution < -0.4 is 5.32 Å². The molecule has 0 aliphatic heterocycles. The summed E-state index contributed by atoms with van der Waals surface area (Å²) in [5.74, 6) is 0.483. The van der Waals surface area contributed by atoms with E-state index in [1.54, 1.807) is 6.33 Å². The van der Waals surface area contributed by atoms with Gasteiger partial charge >= 0.3 is 0 Å². The number of nitrogens with one attached hydrogen (secondary N) is 1. The van der Waals surface area contributed by atoms with Crippen molar-refractivity contribution in [1.82, 2.24) is 15.3 Å². The number of fused-ring (bicyclic) bond motifs is 1. The van der Waals surface area contributed by atoms with E-state index in [1.165, 1.54) is 18.2 Å². The maximum absolute atomic E-state index is 12.0. The number of carbonyl (C=O) groups is 1. The first-order valence-electron chi connectivity index (χ1n) is 6.80. The third-order valence-electron chi connectivity index (χ3n) is 3.74. The zero-order chi connectivity index (χ0) is 14.0. The largest absolute Gasteiger partial charge is 0.350 e. The van der Waals surface area contributed by atoms with E-state index in [4.69, 9.17) is 0 Å². The van der Waals surface area contributed by atoms with Crippen molar-refractivity contribution in [2.75, 3.05) is 5.75 Å². The van der Waals surface area contributed by atoms with Gasteiger partial charge in [0.1, 0.15) is 11.4 Å². The van der Waals surface area contributed by atoms with Gasteiger partial charge < -0.3 is 5.32 Å². The van der Waals surface area contributed by atoms with Gasteiger partial charge in [0.05, 0.1) is 11.3 Å². The summed E-state index contributed by atoms with van der Waals surface area (Å²) in [6.45, 7) is 2.11. The molecule has 1 heterocycles. The smallest absolute Gasteiger partial charge is 0.230 e. The highest BCUT2D eigenvalue weighted by Crippen LogP contribution is 2.31. The highest BCUT2D eigenvalue weighted by molar-refractivity contribution is 8.00. The Balaban J connectivity index is 1.66. The fourth-order valence-electron chi connectivity index (χ4n) is 2.43. The number of carbonyl (C=O) groups excluding carboxylic acids is 1. The summed E-state index contributed by atoms with van der Waals surface area (Å²) in [6.07, 6.45) is 4.93. The molecule has 0 bridgehead atoms. The summed E-state index contributed by atoms with van der Waals surface area (Å²) >= 11 is 1.47. The number of thioether (sulfide) groups is 1. The molecule has 5 heteroatoms. The van der Waals surface area contributed by atoms with Crippen LogP contribution in [0.5, 0.6) is 0 Å². The van der Waals surface area contributed by atoms with Gasteiger partial charge in [-0.25, -0.2) is 9.97 Å². The van der Waals surface area contributed by atoms with E-state index in [1.807, 2.05) is 24.3 Å². The van der Waals surface area contributed by atoms with E-state index in [-0.39, 0.29) is 11.4 Å². The minimum absolute atomic E-state index is 0.0192. The van der Waals surface area contributed by atoms with Crippen LogP contribution in [0.15, 0.2) is 35.6 Å². The summed E-state index contributed by atoms with van der Waals surface area (Å²) in [5.41, 5.74) is 0.933. The van der Waals surface area contributed by atoms with Crippen LogP contribution in [0.3, 0.4) is 0 Å². The normalized spacial score (nSPS) is 16.6. The number of hydrogen-bond acceptors (Lipinski definition) is 4. The van der Waals surface area contributed by atoms with Crippen LogP contribution in [0, 0.1) is 0 Å². The van der Waals surface area contributed by atoms with Crippen molar-refractivity contribution >= 4 is 28.6 Å². The van der Waals surface area contributed by atoms with Gasteiger partial charge in [-0.3, -0.25) is 4.79 Å². The summed E-state index contributed by atoms with van der Waals surface area (Å²) < 4.78 is 0. The van der Waals surface area contributed by atoms with Gasteiger partial charge in [0, 0.05) is 10.9 Å². The summed E-state index contributed by atoms with van der Waals surface area (Å²) in [6, 6.07) is 7.86. The van der Waals surface area contributed by atoms with Crippen LogP contribution >= 0.6 is 11.8 Å². The molecule has 2 aromatic rings. The fraction of sp³-hybridized carbons (Fsp3) is 0.400. The van der Waals surface area contributed by atoms with Crippen LogP contribution in [0.1, 0.15) is 26.2 Å². The molecule has 1 aliphatic rings. The highest BCUT2D eigenvalue weighted by atomic mass is 32.2. The Hall–Kier alpha value is -1.62. The van der Waals surface area contributed by atoms with Gasteiger partial charge in [-0.2, -0.15) is 0 Å². The molecule has 1 fully saturated rings. The van der Waals surface area contributed by atoms with E-state index in [2.05, 4.69) is 22.2 Å². The Bertz CT molecular complexity index is 635. The quantitative estimate of drug-likeness (QED) is 0.694. The summed E-state index contributed by atoms with van der Waals surface area (Å²) in [7, 11) is 0. The maximum Gasteiger partial charge on any atom is 0.230 e. The third kappa shape index (κ3) is 2.77. The molecule has 0 spiro atoms. The molecule has 0 unspecified atom stereocenters. The zero-order valence-corrected chi connectivity index (χ0v) is 12.2. The predicted octanol–water partition coefficient (Wildman–Crippen LogP) is 2.78. The number of benzene rings is 1. The van der Waals surface area contributed by atoms with Gasteiger partial charge in [-0.15, -0.1) is 0 Å². The number of nitrogens with zero attached hydrogens (tertiary/aromatic N) is 2. The second-order valence-electron chi connectivity index (χ2n) is 5.45. The van der Waals surface area contributed by atoms with E-state index in [9.17, 15) is 4.79 Å². The lowest BCUT2D eigenvalue weighted by atomic mass is 9.78. The molecule has 0 radical (unpaired) electrons. The van der Waals surface area contributed by atoms with Crippen LogP contribution in [-0.4, -0.2) is 27.2 Å². The molecule has 0 atom stereocenters. The van der Waals surface area contributed by atoms with Gasteiger partial charge in [-0.1, -0.05) is 30.0 Å².